The second-order valence-electron chi connectivity index (χ2n) is 6.81. The van der Waals surface area contributed by atoms with Crippen molar-refractivity contribution in [1.29, 1.82) is 0 Å². The van der Waals surface area contributed by atoms with Crippen LogP contribution in [0.15, 0.2) is 0 Å². The average Bonchev–Trinajstić information content (AvgIpc) is 2.57. The quantitative estimate of drug-likeness (QED) is 0.214. The molecule has 0 aromatic carbocycles. The monoisotopic (exact) mass is 401 g/mol. The van der Waals surface area contributed by atoms with E-state index in [1.807, 2.05) is 0 Å². The maximum absolute atomic E-state index is 11.5. The van der Waals surface area contributed by atoms with Crippen molar-refractivity contribution in [3.05, 3.63) is 0 Å². The third-order valence-electron chi connectivity index (χ3n) is 4.31. The van der Waals surface area contributed by atoms with Gasteiger partial charge in [-0.15, -0.1) is 0 Å². The first-order chi connectivity index (χ1) is 12.0. The molecule has 0 amide bonds. The van der Waals surface area contributed by atoms with Gasteiger partial charge in [-0.25, -0.2) is 0 Å². The predicted octanol–water partition coefficient (Wildman–Crippen LogP) is 3.91. The van der Waals surface area contributed by atoms with Gasteiger partial charge >= 0.3 is 45.6 Å². The Morgan fingerprint density at radius 1 is 0.808 bits per heavy atom. The summed E-state index contributed by atoms with van der Waals surface area (Å²) in [4.78, 5) is 11.5. The van der Waals surface area contributed by atoms with Crippen molar-refractivity contribution in [2.24, 2.45) is 0 Å². The first-order valence-corrected chi connectivity index (χ1v) is 11.7. The Hall–Kier alpha value is 0.380. The van der Waals surface area contributed by atoms with Crippen LogP contribution in [0.3, 0.4) is 0 Å². The molecule has 0 fully saturated rings. The molecular weight excluding hydrogens is 361 g/mol. The summed E-state index contributed by atoms with van der Waals surface area (Å²) in [7, 11) is -2.07. The average molecular weight is 402 g/mol. The Labute approximate surface area is 183 Å². The van der Waals surface area contributed by atoms with Crippen molar-refractivity contribution in [1.82, 2.24) is 5.32 Å². The zero-order valence-corrected chi connectivity index (χ0v) is 17.2. The second-order valence-corrected chi connectivity index (χ2v) is 8.50. The van der Waals surface area contributed by atoms with Crippen LogP contribution < -0.4 is 5.32 Å². The van der Waals surface area contributed by atoms with Gasteiger partial charge in [0, 0.05) is 13.0 Å². The molecule has 0 bridgehead atoms. The van der Waals surface area contributed by atoms with Crippen molar-refractivity contribution >= 4 is 45.6 Å². The molecule has 152 valence electrons. The fourth-order valence-electron chi connectivity index (χ4n) is 2.74. The van der Waals surface area contributed by atoms with Crippen LogP contribution in [0, 0.1) is 0 Å². The number of unbranched alkanes of at least 4 members (excludes halogenated alkanes) is 12. The van der Waals surface area contributed by atoms with Crippen molar-refractivity contribution in [2.45, 2.75) is 96.8 Å². The van der Waals surface area contributed by atoms with E-state index in [2.05, 4.69) is 16.4 Å². The minimum absolute atomic E-state index is 0. The zero-order valence-electron chi connectivity index (χ0n) is 16.4. The molecule has 0 aromatic heterocycles. The molecule has 0 aliphatic heterocycles. The van der Waals surface area contributed by atoms with Gasteiger partial charge in [0.1, 0.15) is 0 Å². The number of carbonyl (C=O) groups is 1. The number of nitrogens with one attached hydrogen (secondary N) is 1. The van der Waals surface area contributed by atoms with Crippen LogP contribution in [0.1, 0.15) is 96.8 Å². The molecule has 5 nitrogen and oxygen atoms in total. The molecule has 0 aliphatic rings. The van der Waals surface area contributed by atoms with E-state index in [0.29, 0.717) is 6.42 Å². The van der Waals surface area contributed by atoms with Crippen molar-refractivity contribution < 1.29 is 17.4 Å². The van der Waals surface area contributed by atoms with Crippen LogP contribution in [0.2, 0.25) is 0 Å². The third kappa shape index (κ3) is 20.7. The van der Waals surface area contributed by atoms with Gasteiger partial charge < -0.3 is 9.50 Å². The molecule has 7 heteroatoms. The Morgan fingerprint density at radius 2 is 1.23 bits per heavy atom. The molecule has 0 spiro atoms. The Kier molecular flexibility index (Phi) is 22.1. The van der Waals surface area contributed by atoms with Gasteiger partial charge in [-0.05, 0) is 13.5 Å². The van der Waals surface area contributed by atoms with E-state index in [0.717, 1.165) is 12.8 Å². The van der Waals surface area contributed by atoms with Crippen LogP contribution in [0.5, 0.6) is 0 Å². The van der Waals surface area contributed by atoms with E-state index in [4.69, 9.17) is 0 Å². The van der Waals surface area contributed by atoms with Crippen LogP contribution in [0.25, 0.3) is 0 Å². The summed E-state index contributed by atoms with van der Waals surface area (Å²) in [5.41, 5.74) is 0. The molecule has 1 N–H and O–H groups in total. The van der Waals surface area contributed by atoms with E-state index in [9.17, 15) is 13.2 Å². The first kappa shape index (κ1) is 28.6. The zero-order chi connectivity index (χ0) is 18.8. The van der Waals surface area contributed by atoms with Gasteiger partial charge in [0.15, 0.2) is 0 Å². The van der Waals surface area contributed by atoms with E-state index in [1.165, 1.54) is 64.2 Å². The molecule has 0 radical (unpaired) electrons. The van der Waals surface area contributed by atoms with Gasteiger partial charge in [-0.2, -0.15) is 8.42 Å². The van der Waals surface area contributed by atoms with Gasteiger partial charge in [0.25, 0.3) is 0 Å². The van der Waals surface area contributed by atoms with Crippen molar-refractivity contribution in [3.8, 4) is 0 Å². The summed E-state index contributed by atoms with van der Waals surface area (Å²) in [5, 5.41) is 2.72. The summed E-state index contributed by atoms with van der Waals surface area (Å²) in [6.45, 7) is 2.53. The molecule has 26 heavy (non-hydrogen) atoms. The summed E-state index contributed by atoms with van der Waals surface area (Å²) in [6, 6.07) is 0. The van der Waals surface area contributed by atoms with Crippen molar-refractivity contribution in [3.63, 3.8) is 0 Å². The summed E-state index contributed by atoms with van der Waals surface area (Å²) in [6.07, 6.45) is 16.2. The molecule has 0 atom stereocenters. The van der Waals surface area contributed by atoms with E-state index in [-0.39, 0.29) is 48.3 Å². The van der Waals surface area contributed by atoms with E-state index < -0.39 is 16.1 Å². The fourth-order valence-corrected chi connectivity index (χ4v) is 3.64. The molecule has 0 saturated carbocycles. The number of hydrogen-bond donors (Lipinski definition) is 1. The summed E-state index contributed by atoms with van der Waals surface area (Å²) < 4.78 is 27.4. The van der Waals surface area contributed by atoms with Crippen LogP contribution >= 0.6 is 0 Å². The molecule has 0 unspecified atom stereocenters. The van der Waals surface area contributed by atoms with Crippen LogP contribution in [0.4, 0.5) is 0 Å². The van der Waals surface area contributed by atoms with Gasteiger partial charge in [0.05, 0.1) is 5.75 Å². The Morgan fingerprint density at radius 3 is 1.65 bits per heavy atom. The normalized spacial score (nSPS) is 11.2. The van der Waals surface area contributed by atoms with Crippen LogP contribution in [-0.4, -0.2) is 63.3 Å². The third-order valence-corrected chi connectivity index (χ3v) is 5.45. The van der Waals surface area contributed by atoms with Gasteiger partial charge in [-0.1, -0.05) is 84.0 Å². The Bertz CT molecular complexity index is 416. The molecule has 0 aromatic rings. The van der Waals surface area contributed by atoms with Crippen LogP contribution in [-0.2, 0) is 19.1 Å². The van der Waals surface area contributed by atoms with Gasteiger partial charge in [0.2, 0.25) is 0 Å². The topological polar surface area (TPSA) is 72.5 Å². The van der Waals surface area contributed by atoms with E-state index >= 15 is 0 Å². The van der Waals surface area contributed by atoms with Crippen molar-refractivity contribution in [2.75, 3.05) is 19.3 Å². The molecule has 0 heterocycles. The second kappa shape index (κ2) is 20.1. The SMILES string of the molecule is CCCCCCCCCCCCCCCC(=O)OS(=O)(=O)CCNC.[NaH]. The Balaban J connectivity index is 0. The van der Waals surface area contributed by atoms with Gasteiger partial charge in [-0.3, -0.25) is 4.79 Å². The summed E-state index contributed by atoms with van der Waals surface area (Å²) >= 11 is 0. The first-order valence-electron chi connectivity index (χ1n) is 10.1. The number of hydrogen-bond acceptors (Lipinski definition) is 5. The molecule has 0 aliphatic carbocycles. The predicted molar refractivity (Wildman–Crippen MR) is 111 cm³/mol. The molecular formula is C19H40NNaO4S. The standard InChI is InChI=1S/C19H39NO4S.Na.H/c1-3-4-5-6-7-8-9-10-11-12-13-14-15-16-19(21)24-25(22,23)18-17-20-2;;/h20H,3-18H2,1-2H3;;. The maximum atomic E-state index is 11.5. The number of rotatable bonds is 18. The van der Waals surface area contributed by atoms with E-state index in [1.54, 1.807) is 7.05 Å². The molecule has 0 rings (SSSR count). The summed E-state index contributed by atoms with van der Waals surface area (Å²) in [5.74, 6) is -0.799. The molecule has 0 saturated heterocycles. The fraction of sp³-hybridized carbons (Fsp3) is 0.947. The number of carbonyl (C=O) groups excluding carboxylic acids is 1. The minimum atomic E-state index is -3.72.